The second-order valence-electron chi connectivity index (χ2n) is 5.13. The molecule has 0 aliphatic heterocycles. The molecule has 3 heteroatoms. The molecule has 2 nitrogen and oxygen atoms in total. The van der Waals surface area contributed by atoms with Gasteiger partial charge in [-0.1, -0.05) is 43.3 Å². The van der Waals surface area contributed by atoms with Crippen molar-refractivity contribution in [2.45, 2.75) is 32.2 Å². The summed E-state index contributed by atoms with van der Waals surface area (Å²) in [5.74, 6) is 5.74. The van der Waals surface area contributed by atoms with Gasteiger partial charge in [-0.2, -0.15) is 0 Å². The van der Waals surface area contributed by atoms with Gasteiger partial charge in [-0.25, -0.2) is 4.39 Å². The van der Waals surface area contributed by atoms with Gasteiger partial charge in [0.2, 0.25) is 0 Å². The van der Waals surface area contributed by atoms with Gasteiger partial charge in [0.05, 0.1) is 6.04 Å². The molecular formula is C17H21FN2. The molecule has 2 aromatic rings. The Kier molecular flexibility index (Phi) is 4.88. The second kappa shape index (κ2) is 6.64. The highest BCUT2D eigenvalue weighted by molar-refractivity contribution is 5.31. The van der Waals surface area contributed by atoms with Crippen molar-refractivity contribution in [1.82, 2.24) is 5.43 Å². The van der Waals surface area contributed by atoms with E-state index in [4.69, 9.17) is 5.84 Å². The highest BCUT2D eigenvalue weighted by Crippen LogP contribution is 2.33. The van der Waals surface area contributed by atoms with Crippen LogP contribution in [0, 0.1) is 12.7 Å². The Morgan fingerprint density at radius 2 is 1.80 bits per heavy atom. The number of hydrogen-bond acceptors (Lipinski definition) is 2. The van der Waals surface area contributed by atoms with Gasteiger partial charge in [0.15, 0.2) is 0 Å². The van der Waals surface area contributed by atoms with Crippen LogP contribution in [-0.2, 0) is 0 Å². The van der Waals surface area contributed by atoms with Crippen LogP contribution in [0.15, 0.2) is 48.5 Å². The molecule has 2 unspecified atom stereocenters. The van der Waals surface area contributed by atoms with Crippen molar-refractivity contribution in [3.63, 3.8) is 0 Å². The molecule has 106 valence electrons. The molecule has 0 aliphatic rings. The first-order valence-electron chi connectivity index (χ1n) is 6.94. The van der Waals surface area contributed by atoms with Crippen LogP contribution in [0.3, 0.4) is 0 Å². The third kappa shape index (κ3) is 3.24. The molecule has 0 spiro atoms. The molecule has 0 saturated carbocycles. The van der Waals surface area contributed by atoms with E-state index in [0.717, 1.165) is 17.5 Å². The molecule has 0 bridgehead atoms. The summed E-state index contributed by atoms with van der Waals surface area (Å²) in [4.78, 5) is 0. The van der Waals surface area contributed by atoms with Crippen molar-refractivity contribution >= 4 is 0 Å². The topological polar surface area (TPSA) is 38.0 Å². The fourth-order valence-electron chi connectivity index (χ4n) is 2.75. The first-order valence-corrected chi connectivity index (χ1v) is 6.94. The van der Waals surface area contributed by atoms with Gasteiger partial charge in [-0.05, 0) is 42.2 Å². The molecule has 0 radical (unpaired) electrons. The maximum Gasteiger partial charge on any atom is 0.123 e. The van der Waals surface area contributed by atoms with E-state index in [1.54, 1.807) is 6.07 Å². The zero-order valence-corrected chi connectivity index (χ0v) is 11.9. The molecule has 20 heavy (non-hydrogen) atoms. The molecule has 0 aromatic heterocycles. The van der Waals surface area contributed by atoms with Crippen molar-refractivity contribution in [3.05, 3.63) is 71.0 Å². The maximum absolute atomic E-state index is 13.6. The Morgan fingerprint density at radius 3 is 2.35 bits per heavy atom. The monoisotopic (exact) mass is 272 g/mol. The summed E-state index contributed by atoms with van der Waals surface area (Å²) >= 11 is 0. The van der Waals surface area contributed by atoms with Crippen LogP contribution in [0.1, 0.15) is 42.0 Å². The zero-order valence-electron chi connectivity index (χ0n) is 11.9. The Hall–Kier alpha value is -1.71. The number of nitrogens with two attached hydrogens (primary N) is 1. The van der Waals surface area contributed by atoms with Crippen LogP contribution in [0.5, 0.6) is 0 Å². The molecule has 2 aromatic carbocycles. The lowest BCUT2D eigenvalue weighted by atomic mass is 9.85. The fraction of sp³-hybridized carbons (Fsp3) is 0.294. The summed E-state index contributed by atoms with van der Waals surface area (Å²) in [5.41, 5.74) is 5.86. The molecule has 0 amide bonds. The van der Waals surface area contributed by atoms with Crippen LogP contribution < -0.4 is 11.3 Å². The number of aryl methyl sites for hydroxylation is 1. The summed E-state index contributed by atoms with van der Waals surface area (Å²) in [6.07, 6.45) is 0.925. The van der Waals surface area contributed by atoms with E-state index in [9.17, 15) is 4.39 Å². The number of nitrogens with one attached hydrogen (secondary N) is 1. The second-order valence-corrected chi connectivity index (χ2v) is 5.13. The van der Waals surface area contributed by atoms with Crippen LogP contribution in [0.25, 0.3) is 0 Å². The third-order valence-corrected chi connectivity index (χ3v) is 3.67. The Labute approximate surface area is 119 Å². The minimum atomic E-state index is -0.219. The minimum Gasteiger partial charge on any atom is -0.271 e. The Bertz CT molecular complexity index is 534. The SMILES string of the molecule is CCC(c1ccccc1)C(NN)c1cc(C)cc(F)c1. The van der Waals surface area contributed by atoms with Crippen molar-refractivity contribution < 1.29 is 4.39 Å². The van der Waals surface area contributed by atoms with Gasteiger partial charge in [-0.15, -0.1) is 0 Å². The largest absolute Gasteiger partial charge is 0.271 e. The number of hydrogen-bond donors (Lipinski definition) is 2. The molecule has 2 rings (SSSR count). The van der Waals surface area contributed by atoms with Gasteiger partial charge in [0.25, 0.3) is 0 Å². The lowest BCUT2D eigenvalue weighted by Crippen LogP contribution is -2.32. The van der Waals surface area contributed by atoms with Crippen LogP contribution in [0.4, 0.5) is 4.39 Å². The summed E-state index contributed by atoms with van der Waals surface area (Å²) in [7, 11) is 0. The summed E-state index contributed by atoms with van der Waals surface area (Å²) in [5, 5.41) is 0. The average molecular weight is 272 g/mol. The van der Waals surface area contributed by atoms with Gasteiger partial charge in [-0.3, -0.25) is 11.3 Å². The first-order chi connectivity index (χ1) is 9.65. The fourth-order valence-corrected chi connectivity index (χ4v) is 2.75. The number of rotatable bonds is 5. The predicted molar refractivity (Wildman–Crippen MR) is 80.7 cm³/mol. The smallest absolute Gasteiger partial charge is 0.123 e. The summed E-state index contributed by atoms with van der Waals surface area (Å²) in [6.45, 7) is 4.01. The van der Waals surface area contributed by atoms with Crippen molar-refractivity contribution in [1.29, 1.82) is 0 Å². The molecular weight excluding hydrogens is 251 g/mol. The van der Waals surface area contributed by atoms with Gasteiger partial charge in [0, 0.05) is 5.92 Å². The van der Waals surface area contributed by atoms with E-state index in [2.05, 4.69) is 24.5 Å². The summed E-state index contributed by atoms with van der Waals surface area (Å²) in [6, 6.07) is 15.2. The molecule has 0 aliphatic carbocycles. The lowest BCUT2D eigenvalue weighted by molar-refractivity contribution is 0.442. The standard InChI is InChI=1S/C17H21FN2/c1-3-16(13-7-5-4-6-8-13)17(20-19)14-9-12(2)10-15(18)11-14/h4-11,16-17,20H,3,19H2,1-2H3. The van der Waals surface area contributed by atoms with Crippen LogP contribution >= 0.6 is 0 Å². The number of halogens is 1. The van der Waals surface area contributed by atoms with Gasteiger partial charge >= 0.3 is 0 Å². The van der Waals surface area contributed by atoms with E-state index >= 15 is 0 Å². The molecule has 0 heterocycles. The minimum absolute atomic E-state index is 0.100. The van der Waals surface area contributed by atoms with Crippen molar-refractivity contribution in [2.24, 2.45) is 5.84 Å². The predicted octanol–water partition coefficient (Wildman–Crippen LogP) is 3.83. The van der Waals surface area contributed by atoms with Gasteiger partial charge in [0.1, 0.15) is 5.82 Å². The van der Waals surface area contributed by atoms with Crippen LogP contribution in [0.2, 0.25) is 0 Å². The van der Waals surface area contributed by atoms with E-state index in [0.29, 0.717) is 0 Å². The summed E-state index contributed by atoms with van der Waals surface area (Å²) < 4.78 is 13.6. The van der Waals surface area contributed by atoms with Crippen molar-refractivity contribution in [3.8, 4) is 0 Å². The zero-order chi connectivity index (χ0) is 14.5. The highest BCUT2D eigenvalue weighted by atomic mass is 19.1. The Balaban J connectivity index is 2.39. The molecule has 2 atom stereocenters. The third-order valence-electron chi connectivity index (χ3n) is 3.67. The Morgan fingerprint density at radius 1 is 1.10 bits per heavy atom. The number of benzene rings is 2. The van der Waals surface area contributed by atoms with E-state index in [1.165, 1.54) is 11.6 Å². The normalized spacial score (nSPS) is 14.0. The molecule has 3 N–H and O–H groups in total. The van der Waals surface area contributed by atoms with Gasteiger partial charge < -0.3 is 0 Å². The average Bonchev–Trinajstić information content (AvgIpc) is 2.44. The molecule has 0 saturated heterocycles. The highest BCUT2D eigenvalue weighted by Gasteiger charge is 2.22. The van der Waals surface area contributed by atoms with Crippen molar-refractivity contribution in [2.75, 3.05) is 0 Å². The van der Waals surface area contributed by atoms with E-state index < -0.39 is 0 Å². The van der Waals surface area contributed by atoms with Crippen LogP contribution in [-0.4, -0.2) is 0 Å². The van der Waals surface area contributed by atoms with E-state index in [1.807, 2.05) is 31.2 Å². The molecule has 0 fully saturated rings. The lowest BCUT2D eigenvalue weighted by Gasteiger charge is -2.27. The maximum atomic E-state index is 13.6. The number of hydrazine groups is 1. The quantitative estimate of drug-likeness (QED) is 0.641. The first kappa shape index (κ1) is 14.7. The van der Waals surface area contributed by atoms with E-state index in [-0.39, 0.29) is 17.8 Å².